The normalized spacial score (nSPS) is 30.7. The Morgan fingerprint density at radius 1 is 1.67 bits per heavy atom. The van der Waals surface area contributed by atoms with Gasteiger partial charge < -0.3 is 16.0 Å². The van der Waals surface area contributed by atoms with Crippen molar-refractivity contribution in [2.45, 2.75) is 38.8 Å². The van der Waals surface area contributed by atoms with Gasteiger partial charge in [0.05, 0.1) is 6.61 Å². The highest BCUT2D eigenvalue weighted by atomic mass is 16.4. The first-order chi connectivity index (χ1) is 7.10. The Bertz CT molecular complexity index is 233. The molecule has 1 aliphatic rings. The number of likely N-dealkylation sites (tertiary alicyclic amines) is 1. The Morgan fingerprint density at radius 3 is 2.87 bits per heavy atom. The van der Waals surface area contributed by atoms with Crippen LogP contribution in [0.15, 0.2) is 5.16 Å². The van der Waals surface area contributed by atoms with Crippen LogP contribution in [0.5, 0.6) is 0 Å². The van der Waals surface area contributed by atoms with E-state index in [2.05, 4.69) is 17.0 Å². The summed E-state index contributed by atoms with van der Waals surface area (Å²) < 4.78 is 0. The molecule has 0 saturated carbocycles. The number of aliphatic hydroxyl groups excluding tert-OH is 1. The second kappa shape index (κ2) is 5.32. The predicted octanol–water partition coefficient (Wildman–Crippen LogP) is 0.214. The topological polar surface area (TPSA) is 82.1 Å². The molecule has 5 heteroatoms. The van der Waals surface area contributed by atoms with Gasteiger partial charge in [-0.25, -0.2) is 0 Å². The van der Waals surface area contributed by atoms with Gasteiger partial charge in [-0.05, 0) is 25.8 Å². The van der Waals surface area contributed by atoms with Crippen molar-refractivity contribution in [1.82, 2.24) is 4.90 Å². The third-order valence-corrected chi connectivity index (χ3v) is 3.31. The summed E-state index contributed by atoms with van der Waals surface area (Å²) >= 11 is 0. The van der Waals surface area contributed by atoms with Crippen molar-refractivity contribution in [3.05, 3.63) is 0 Å². The predicted molar refractivity (Wildman–Crippen MR) is 58.8 cm³/mol. The van der Waals surface area contributed by atoms with E-state index in [9.17, 15) is 5.11 Å². The second-order valence-electron chi connectivity index (χ2n) is 4.40. The van der Waals surface area contributed by atoms with Crippen molar-refractivity contribution < 1.29 is 10.3 Å². The highest BCUT2D eigenvalue weighted by molar-refractivity contribution is 5.80. The summed E-state index contributed by atoms with van der Waals surface area (Å²) in [4.78, 5) is 2.24. The summed E-state index contributed by atoms with van der Waals surface area (Å²) in [5.74, 6) is 0.767. The molecule has 0 bridgehead atoms. The number of nitrogens with two attached hydrogens (primary N) is 1. The largest absolute Gasteiger partial charge is 0.409 e. The molecule has 0 aliphatic carbocycles. The highest BCUT2D eigenvalue weighted by Crippen LogP contribution is 2.26. The fourth-order valence-electron chi connectivity index (χ4n) is 2.33. The van der Waals surface area contributed by atoms with Crippen LogP contribution in [0.4, 0.5) is 0 Å². The van der Waals surface area contributed by atoms with Crippen LogP contribution in [0, 0.1) is 5.92 Å². The summed E-state index contributed by atoms with van der Waals surface area (Å²) in [6.07, 6.45) is 1.64. The van der Waals surface area contributed by atoms with Gasteiger partial charge in [-0.3, -0.25) is 4.90 Å². The fraction of sp³-hybridized carbons (Fsp3) is 0.900. The Balaban J connectivity index is 2.55. The smallest absolute Gasteiger partial charge is 0.140 e. The Hall–Kier alpha value is -0.810. The summed E-state index contributed by atoms with van der Waals surface area (Å²) in [7, 11) is 0. The average Bonchev–Trinajstić information content (AvgIpc) is 2.59. The molecule has 0 amide bonds. The summed E-state index contributed by atoms with van der Waals surface area (Å²) in [5, 5.41) is 20.8. The number of nitrogens with zero attached hydrogens (tertiary/aromatic N) is 2. The van der Waals surface area contributed by atoms with Crippen LogP contribution in [0.25, 0.3) is 0 Å². The maximum atomic E-state index is 9.29. The first-order valence-electron chi connectivity index (χ1n) is 5.43. The van der Waals surface area contributed by atoms with Crippen LogP contribution >= 0.6 is 0 Å². The van der Waals surface area contributed by atoms with Gasteiger partial charge in [0.1, 0.15) is 5.84 Å². The van der Waals surface area contributed by atoms with Crippen molar-refractivity contribution in [2.24, 2.45) is 16.8 Å². The first kappa shape index (κ1) is 12.3. The number of hydrogen-bond acceptors (Lipinski definition) is 4. The molecule has 3 unspecified atom stereocenters. The SMILES string of the molecule is CC1CCN(C(C)CC(N)=NO)C1CO. The van der Waals surface area contributed by atoms with Gasteiger partial charge in [-0.15, -0.1) is 0 Å². The van der Waals surface area contributed by atoms with Crippen molar-refractivity contribution in [3.63, 3.8) is 0 Å². The first-order valence-corrected chi connectivity index (χ1v) is 5.43. The van der Waals surface area contributed by atoms with Crippen LogP contribution in [0.1, 0.15) is 26.7 Å². The van der Waals surface area contributed by atoms with Crippen LogP contribution in [0.2, 0.25) is 0 Å². The van der Waals surface area contributed by atoms with E-state index >= 15 is 0 Å². The number of aliphatic hydroxyl groups is 1. The lowest BCUT2D eigenvalue weighted by atomic mass is 10.0. The summed E-state index contributed by atoms with van der Waals surface area (Å²) in [6.45, 7) is 5.35. The van der Waals surface area contributed by atoms with Crippen molar-refractivity contribution in [3.8, 4) is 0 Å². The zero-order chi connectivity index (χ0) is 11.4. The van der Waals surface area contributed by atoms with Gasteiger partial charge >= 0.3 is 0 Å². The monoisotopic (exact) mass is 215 g/mol. The zero-order valence-electron chi connectivity index (χ0n) is 9.43. The molecule has 5 nitrogen and oxygen atoms in total. The van der Waals surface area contributed by atoms with Crippen LogP contribution < -0.4 is 5.73 Å². The van der Waals surface area contributed by atoms with Gasteiger partial charge in [0, 0.05) is 18.5 Å². The molecule has 1 fully saturated rings. The lowest BCUT2D eigenvalue weighted by molar-refractivity contribution is 0.111. The molecule has 88 valence electrons. The van der Waals surface area contributed by atoms with Gasteiger partial charge in [0.15, 0.2) is 0 Å². The molecule has 1 rings (SSSR count). The molecule has 4 N–H and O–H groups in total. The number of hydrogen-bond donors (Lipinski definition) is 3. The van der Waals surface area contributed by atoms with E-state index in [-0.39, 0.29) is 24.5 Å². The third kappa shape index (κ3) is 2.82. The summed E-state index contributed by atoms with van der Waals surface area (Å²) in [6, 6.07) is 0.425. The van der Waals surface area contributed by atoms with E-state index in [1.54, 1.807) is 0 Å². The number of oxime groups is 1. The van der Waals surface area contributed by atoms with E-state index in [1.165, 1.54) is 0 Å². The molecule has 0 aromatic carbocycles. The Labute approximate surface area is 90.6 Å². The molecule has 1 aliphatic heterocycles. The van der Waals surface area contributed by atoms with E-state index < -0.39 is 0 Å². The van der Waals surface area contributed by atoms with E-state index in [0.29, 0.717) is 12.3 Å². The minimum atomic E-state index is 0.182. The third-order valence-electron chi connectivity index (χ3n) is 3.31. The lowest BCUT2D eigenvalue weighted by Gasteiger charge is -2.30. The van der Waals surface area contributed by atoms with E-state index in [0.717, 1.165) is 13.0 Å². The van der Waals surface area contributed by atoms with E-state index in [1.807, 2.05) is 6.92 Å². The standard InChI is InChI=1S/C10H21N3O2/c1-7-3-4-13(9(7)6-14)8(2)5-10(11)12-15/h7-9,14-15H,3-6H2,1-2H3,(H2,11,12). The molecule has 0 aromatic rings. The van der Waals surface area contributed by atoms with Crippen molar-refractivity contribution in [2.75, 3.05) is 13.2 Å². The highest BCUT2D eigenvalue weighted by Gasteiger charge is 2.33. The molecule has 0 radical (unpaired) electrons. The fourth-order valence-corrected chi connectivity index (χ4v) is 2.33. The van der Waals surface area contributed by atoms with Crippen LogP contribution in [-0.4, -0.2) is 46.3 Å². The van der Waals surface area contributed by atoms with Crippen molar-refractivity contribution >= 4 is 5.84 Å². The quantitative estimate of drug-likeness (QED) is 0.271. The van der Waals surface area contributed by atoms with Gasteiger partial charge in [-0.2, -0.15) is 0 Å². The molecule has 0 aromatic heterocycles. The van der Waals surface area contributed by atoms with Gasteiger partial charge in [0.2, 0.25) is 0 Å². The maximum Gasteiger partial charge on any atom is 0.140 e. The zero-order valence-corrected chi connectivity index (χ0v) is 9.43. The summed E-state index contributed by atoms with van der Waals surface area (Å²) in [5.41, 5.74) is 5.47. The number of rotatable bonds is 4. The molecule has 15 heavy (non-hydrogen) atoms. The second-order valence-corrected chi connectivity index (χ2v) is 4.40. The number of amidine groups is 1. The molecule has 0 spiro atoms. The van der Waals surface area contributed by atoms with Crippen LogP contribution in [0.3, 0.4) is 0 Å². The maximum absolute atomic E-state index is 9.29. The minimum Gasteiger partial charge on any atom is -0.409 e. The Kier molecular flexibility index (Phi) is 4.35. The molecule has 1 heterocycles. The van der Waals surface area contributed by atoms with Crippen LogP contribution in [-0.2, 0) is 0 Å². The molecule has 3 atom stereocenters. The van der Waals surface area contributed by atoms with Gasteiger partial charge in [0.25, 0.3) is 0 Å². The van der Waals surface area contributed by atoms with E-state index in [4.69, 9.17) is 10.9 Å². The molecule has 1 saturated heterocycles. The average molecular weight is 215 g/mol. The molecular formula is C10H21N3O2. The van der Waals surface area contributed by atoms with Gasteiger partial charge in [-0.1, -0.05) is 12.1 Å². The minimum absolute atomic E-state index is 0.182. The Morgan fingerprint density at radius 2 is 2.33 bits per heavy atom. The molecular weight excluding hydrogens is 194 g/mol. The lowest BCUT2D eigenvalue weighted by Crippen LogP contribution is -2.43. The van der Waals surface area contributed by atoms with Crippen molar-refractivity contribution in [1.29, 1.82) is 0 Å².